The minimum absolute atomic E-state index is 0.289. The lowest BCUT2D eigenvalue weighted by Gasteiger charge is -2.12. The zero-order valence-electron chi connectivity index (χ0n) is 9.73. The van der Waals surface area contributed by atoms with Gasteiger partial charge in [-0.1, -0.05) is 43.3 Å². The van der Waals surface area contributed by atoms with Crippen LogP contribution in [0.25, 0.3) is 0 Å². The number of aryl methyl sites for hydroxylation is 1. The Morgan fingerprint density at radius 1 is 1.06 bits per heavy atom. The molecular weight excluding hydrogens is 215 g/mol. The van der Waals surface area contributed by atoms with E-state index in [1.54, 1.807) is 12.1 Å². The molecule has 0 aliphatic heterocycles. The molecule has 17 heavy (non-hydrogen) atoms. The predicted octanol–water partition coefficient (Wildman–Crippen LogP) is 3.47. The van der Waals surface area contributed by atoms with E-state index in [1.807, 2.05) is 24.3 Å². The van der Waals surface area contributed by atoms with E-state index in [2.05, 4.69) is 6.92 Å². The Balaban J connectivity index is 2.29. The standard InChI is InChI=1S/C15H15FO/c1-2-11-4-3-5-13(10-11)15(17)12-6-8-14(16)9-7-12/h3-10,15,17H,2H2,1H3. The molecule has 0 saturated heterocycles. The fourth-order valence-electron chi connectivity index (χ4n) is 1.82. The van der Waals surface area contributed by atoms with Crippen LogP contribution in [0.15, 0.2) is 48.5 Å². The van der Waals surface area contributed by atoms with Crippen molar-refractivity contribution in [3.8, 4) is 0 Å². The van der Waals surface area contributed by atoms with Gasteiger partial charge in [0.15, 0.2) is 0 Å². The van der Waals surface area contributed by atoms with Gasteiger partial charge in [-0.3, -0.25) is 0 Å². The van der Waals surface area contributed by atoms with Crippen LogP contribution in [0.3, 0.4) is 0 Å². The van der Waals surface area contributed by atoms with Gasteiger partial charge in [-0.15, -0.1) is 0 Å². The van der Waals surface area contributed by atoms with Crippen molar-refractivity contribution in [2.24, 2.45) is 0 Å². The van der Waals surface area contributed by atoms with E-state index >= 15 is 0 Å². The van der Waals surface area contributed by atoms with E-state index in [0.29, 0.717) is 5.56 Å². The van der Waals surface area contributed by atoms with Gasteiger partial charge in [0.25, 0.3) is 0 Å². The van der Waals surface area contributed by atoms with Gasteiger partial charge in [-0.05, 0) is 35.2 Å². The predicted molar refractivity (Wildman–Crippen MR) is 66.3 cm³/mol. The third kappa shape index (κ3) is 2.71. The molecule has 1 unspecified atom stereocenters. The van der Waals surface area contributed by atoms with Gasteiger partial charge in [0.05, 0.1) is 0 Å². The van der Waals surface area contributed by atoms with Gasteiger partial charge < -0.3 is 5.11 Å². The highest BCUT2D eigenvalue weighted by atomic mass is 19.1. The van der Waals surface area contributed by atoms with Crippen LogP contribution >= 0.6 is 0 Å². The summed E-state index contributed by atoms with van der Waals surface area (Å²) in [6, 6.07) is 13.8. The van der Waals surface area contributed by atoms with Gasteiger partial charge in [0.1, 0.15) is 11.9 Å². The van der Waals surface area contributed by atoms with Crippen molar-refractivity contribution in [3.05, 3.63) is 71.0 Å². The molecule has 2 aromatic carbocycles. The molecule has 1 atom stereocenters. The SMILES string of the molecule is CCc1cccc(C(O)c2ccc(F)cc2)c1. The lowest BCUT2D eigenvalue weighted by Crippen LogP contribution is -2.00. The van der Waals surface area contributed by atoms with E-state index in [0.717, 1.165) is 12.0 Å². The van der Waals surface area contributed by atoms with Crippen LogP contribution in [-0.2, 0) is 6.42 Å². The number of benzene rings is 2. The topological polar surface area (TPSA) is 20.2 Å². The second kappa shape index (κ2) is 5.11. The minimum Gasteiger partial charge on any atom is -0.384 e. The summed E-state index contributed by atoms with van der Waals surface area (Å²) in [7, 11) is 0. The number of rotatable bonds is 3. The average Bonchev–Trinajstić information content (AvgIpc) is 2.39. The van der Waals surface area contributed by atoms with E-state index in [1.165, 1.54) is 17.7 Å². The van der Waals surface area contributed by atoms with Crippen LogP contribution in [-0.4, -0.2) is 5.11 Å². The normalized spacial score (nSPS) is 12.4. The maximum atomic E-state index is 12.8. The van der Waals surface area contributed by atoms with Crippen molar-refractivity contribution in [1.29, 1.82) is 0 Å². The Morgan fingerprint density at radius 3 is 2.41 bits per heavy atom. The molecule has 1 N–H and O–H groups in total. The monoisotopic (exact) mass is 230 g/mol. The molecule has 0 fully saturated rings. The van der Waals surface area contributed by atoms with Crippen LogP contribution in [0.5, 0.6) is 0 Å². The molecule has 0 bridgehead atoms. The summed E-state index contributed by atoms with van der Waals surface area (Å²) in [5, 5.41) is 10.2. The molecule has 0 aromatic heterocycles. The highest BCUT2D eigenvalue weighted by Gasteiger charge is 2.10. The average molecular weight is 230 g/mol. The summed E-state index contributed by atoms with van der Waals surface area (Å²) in [5.41, 5.74) is 2.74. The third-order valence-electron chi connectivity index (χ3n) is 2.86. The van der Waals surface area contributed by atoms with Gasteiger partial charge in [-0.25, -0.2) is 4.39 Å². The molecule has 0 radical (unpaired) electrons. The Kier molecular flexibility index (Phi) is 3.55. The van der Waals surface area contributed by atoms with E-state index in [9.17, 15) is 9.50 Å². The summed E-state index contributed by atoms with van der Waals surface area (Å²) >= 11 is 0. The molecule has 1 nitrogen and oxygen atoms in total. The molecule has 0 aliphatic carbocycles. The molecule has 0 amide bonds. The molecule has 0 saturated carbocycles. The van der Waals surface area contributed by atoms with Crippen molar-refractivity contribution >= 4 is 0 Å². The van der Waals surface area contributed by atoms with Crippen molar-refractivity contribution in [1.82, 2.24) is 0 Å². The lowest BCUT2D eigenvalue weighted by molar-refractivity contribution is 0.220. The number of aliphatic hydroxyl groups is 1. The van der Waals surface area contributed by atoms with Crippen molar-refractivity contribution in [2.45, 2.75) is 19.4 Å². The fourth-order valence-corrected chi connectivity index (χ4v) is 1.82. The van der Waals surface area contributed by atoms with Crippen LogP contribution in [0, 0.1) is 5.82 Å². The molecule has 2 aromatic rings. The lowest BCUT2D eigenvalue weighted by atomic mass is 9.99. The first kappa shape index (κ1) is 11.8. The second-order valence-corrected chi connectivity index (χ2v) is 4.05. The number of halogens is 1. The minimum atomic E-state index is -0.693. The van der Waals surface area contributed by atoms with Crippen LogP contribution in [0.4, 0.5) is 4.39 Å². The summed E-state index contributed by atoms with van der Waals surface area (Å²) in [6.07, 6.45) is 0.242. The zero-order chi connectivity index (χ0) is 12.3. The Bertz CT molecular complexity index is 491. The van der Waals surface area contributed by atoms with Crippen molar-refractivity contribution in [3.63, 3.8) is 0 Å². The Morgan fingerprint density at radius 2 is 1.76 bits per heavy atom. The molecule has 0 heterocycles. The quantitative estimate of drug-likeness (QED) is 0.856. The third-order valence-corrected chi connectivity index (χ3v) is 2.86. The van der Waals surface area contributed by atoms with Crippen LogP contribution < -0.4 is 0 Å². The van der Waals surface area contributed by atoms with Crippen molar-refractivity contribution in [2.75, 3.05) is 0 Å². The highest BCUT2D eigenvalue weighted by Crippen LogP contribution is 2.22. The molecule has 2 heteroatoms. The fraction of sp³-hybridized carbons (Fsp3) is 0.200. The van der Waals surface area contributed by atoms with Gasteiger partial charge in [0, 0.05) is 0 Å². The molecular formula is C15H15FO. The van der Waals surface area contributed by atoms with Gasteiger partial charge in [0.2, 0.25) is 0 Å². The van der Waals surface area contributed by atoms with Gasteiger partial charge >= 0.3 is 0 Å². The number of aliphatic hydroxyl groups excluding tert-OH is 1. The van der Waals surface area contributed by atoms with Crippen molar-refractivity contribution < 1.29 is 9.50 Å². The largest absolute Gasteiger partial charge is 0.384 e. The second-order valence-electron chi connectivity index (χ2n) is 4.05. The highest BCUT2D eigenvalue weighted by molar-refractivity contribution is 5.32. The molecule has 2 rings (SSSR count). The first-order valence-corrected chi connectivity index (χ1v) is 5.73. The molecule has 0 spiro atoms. The summed E-state index contributed by atoms with van der Waals surface area (Å²) in [5.74, 6) is -0.289. The number of hydrogen-bond donors (Lipinski definition) is 1. The summed E-state index contributed by atoms with van der Waals surface area (Å²) in [6.45, 7) is 2.07. The maximum absolute atomic E-state index is 12.8. The first-order valence-electron chi connectivity index (χ1n) is 5.73. The molecule has 0 aliphatic rings. The van der Waals surface area contributed by atoms with Crippen LogP contribution in [0.1, 0.15) is 29.7 Å². The van der Waals surface area contributed by atoms with Crippen LogP contribution in [0.2, 0.25) is 0 Å². The smallest absolute Gasteiger partial charge is 0.123 e. The van der Waals surface area contributed by atoms with E-state index in [-0.39, 0.29) is 5.82 Å². The number of hydrogen-bond acceptors (Lipinski definition) is 1. The van der Waals surface area contributed by atoms with E-state index in [4.69, 9.17) is 0 Å². The van der Waals surface area contributed by atoms with E-state index < -0.39 is 6.10 Å². The summed E-state index contributed by atoms with van der Waals surface area (Å²) < 4.78 is 12.8. The maximum Gasteiger partial charge on any atom is 0.123 e. The zero-order valence-corrected chi connectivity index (χ0v) is 9.73. The first-order chi connectivity index (χ1) is 8.20. The summed E-state index contributed by atoms with van der Waals surface area (Å²) in [4.78, 5) is 0. The molecule has 88 valence electrons. The Labute approximate surface area is 101 Å². The van der Waals surface area contributed by atoms with Gasteiger partial charge in [-0.2, -0.15) is 0 Å². The Hall–Kier alpha value is -1.67.